The lowest BCUT2D eigenvalue weighted by molar-refractivity contribution is -0.184. The van der Waals surface area contributed by atoms with Gasteiger partial charge in [0.05, 0.1) is 5.92 Å². The van der Waals surface area contributed by atoms with Crippen molar-refractivity contribution < 1.29 is 18.0 Å². The fourth-order valence-electron chi connectivity index (χ4n) is 2.99. The van der Waals surface area contributed by atoms with E-state index in [1.54, 1.807) is 0 Å². The first-order valence-electron chi connectivity index (χ1n) is 6.95. The summed E-state index contributed by atoms with van der Waals surface area (Å²) < 4.78 is 37.6. The molecule has 110 valence electrons. The number of nitrogens with one attached hydrogen (secondary N) is 2. The van der Waals surface area contributed by atoms with Crippen LogP contribution in [0.15, 0.2) is 0 Å². The lowest BCUT2D eigenvalue weighted by Gasteiger charge is -2.30. The minimum atomic E-state index is -4.11. The maximum Gasteiger partial charge on any atom is 0.391 e. The average Bonchev–Trinajstić information content (AvgIpc) is 2.74. The van der Waals surface area contributed by atoms with E-state index in [2.05, 4.69) is 17.6 Å². The molecule has 2 rings (SSSR count). The molecule has 1 aliphatic heterocycles. The van der Waals surface area contributed by atoms with E-state index in [9.17, 15) is 18.0 Å². The van der Waals surface area contributed by atoms with Gasteiger partial charge in [0, 0.05) is 18.5 Å². The summed E-state index contributed by atoms with van der Waals surface area (Å²) in [6.07, 6.45) is -3.24. The van der Waals surface area contributed by atoms with Crippen LogP contribution in [0.4, 0.5) is 13.2 Å². The molecule has 0 aromatic rings. The van der Waals surface area contributed by atoms with Crippen molar-refractivity contribution in [3.8, 4) is 0 Å². The van der Waals surface area contributed by atoms with Crippen LogP contribution in [-0.2, 0) is 4.79 Å². The number of amides is 1. The Morgan fingerprint density at radius 1 is 1.16 bits per heavy atom. The summed E-state index contributed by atoms with van der Waals surface area (Å²) in [4.78, 5) is 12.0. The maximum absolute atomic E-state index is 12.5. The highest BCUT2D eigenvalue weighted by atomic mass is 19.4. The number of hydrogen-bond acceptors (Lipinski definition) is 2. The predicted octanol–water partition coefficient (Wildman–Crippen LogP) is 2.08. The summed E-state index contributed by atoms with van der Waals surface area (Å²) in [5, 5.41) is 6.16. The molecular weight excluding hydrogens is 257 g/mol. The molecule has 1 aliphatic carbocycles. The third-order valence-corrected chi connectivity index (χ3v) is 4.41. The zero-order chi connectivity index (χ0) is 14.0. The maximum atomic E-state index is 12.5. The van der Waals surface area contributed by atoms with Crippen molar-refractivity contribution in [1.82, 2.24) is 10.6 Å². The summed E-state index contributed by atoms with van der Waals surface area (Å²) in [5.41, 5.74) is 0. The van der Waals surface area contributed by atoms with Crippen LogP contribution >= 0.6 is 0 Å². The minimum Gasteiger partial charge on any atom is -0.352 e. The van der Waals surface area contributed by atoms with Crippen LogP contribution in [-0.4, -0.2) is 31.2 Å². The molecular formula is C13H21F3N2O. The van der Waals surface area contributed by atoms with Crippen LogP contribution < -0.4 is 10.6 Å². The van der Waals surface area contributed by atoms with Crippen LogP contribution in [0, 0.1) is 17.8 Å². The molecule has 2 N–H and O–H groups in total. The van der Waals surface area contributed by atoms with Gasteiger partial charge in [0.15, 0.2) is 0 Å². The Bertz CT molecular complexity index is 324. The Balaban J connectivity index is 1.79. The first-order chi connectivity index (χ1) is 8.88. The van der Waals surface area contributed by atoms with Crippen molar-refractivity contribution >= 4 is 5.91 Å². The molecule has 1 heterocycles. The highest BCUT2D eigenvalue weighted by molar-refractivity contribution is 5.79. The van der Waals surface area contributed by atoms with Gasteiger partial charge in [-0.25, -0.2) is 0 Å². The summed E-state index contributed by atoms with van der Waals surface area (Å²) in [6, 6.07) is 0.118. The van der Waals surface area contributed by atoms with Crippen LogP contribution in [0.3, 0.4) is 0 Å². The molecule has 0 aromatic carbocycles. The van der Waals surface area contributed by atoms with Crippen molar-refractivity contribution in [2.24, 2.45) is 17.8 Å². The Labute approximate surface area is 111 Å². The number of rotatable bonds is 2. The van der Waals surface area contributed by atoms with Crippen LogP contribution in [0.25, 0.3) is 0 Å². The van der Waals surface area contributed by atoms with Crippen LogP contribution in [0.5, 0.6) is 0 Å². The highest BCUT2D eigenvalue weighted by Crippen LogP contribution is 2.39. The van der Waals surface area contributed by atoms with Gasteiger partial charge in [0.1, 0.15) is 0 Å². The van der Waals surface area contributed by atoms with Gasteiger partial charge in [-0.2, -0.15) is 13.2 Å². The van der Waals surface area contributed by atoms with E-state index in [0.29, 0.717) is 18.8 Å². The van der Waals surface area contributed by atoms with Crippen molar-refractivity contribution in [2.45, 2.75) is 44.8 Å². The van der Waals surface area contributed by atoms with Gasteiger partial charge < -0.3 is 10.6 Å². The van der Waals surface area contributed by atoms with Crippen molar-refractivity contribution in [3.05, 3.63) is 0 Å². The van der Waals surface area contributed by atoms with E-state index in [1.807, 2.05) is 0 Å². The normalized spacial score (nSPS) is 36.2. The van der Waals surface area contributed by atoms with Crippen molar-refractivity contribution in [2.75, 3.05) is 13.1 Å². The van der Waals surface area contributed by atoms with E-state index in [0.717, 1.165) is 13.1 Å². The summed E-state index contributed by atoms with van der Waals surface area (Å²) >= 11 is 0. The monoisotopic (exact) mass is 278 g/mol. The number of carbonyl (C=O) groups is 1. The molecule has 2 fully saturated rings. The third kappa shape index (κ3) is 3.61. The fraction of sp³-hybridized carbons (Fsp3) is 0.923. The second-order valence-corrected chi connectivity index (χ2v) is 5.84. The smallest absolute Gasteiger partial charge is 0.352 e. The molecule has 2 atom stereocenters. The Morgan fingerprint density at radius 3 is 2.26 bits per heavy atom. The van der Waals surface area contributed by atoms with E-state index in [1.165, 1.54) is 0 Å². The van der Waals surface area contributed by atoms with E-state index < -0.39 is 12.1 Å². The summed E-state index contributed by atoms with van der Waals surface area (Å²) in [7, 11) is 0. The minimum absolute atomic E-state index is 0.0684. The molecule has 19 heavy (non-hydrogen) atoms. The van der Waals surface area contributed by atoms with Gasteiger partial charge in [-0.05, 0) is 38.1 Å². The molecule has 6 heteroatoms. The molecule has 1 saturated heterocycles. The first kappa shape index (κ1) is 14.6. The van der Waals surface area contributed by atoms with Gasteiger partial charge >= 0.3 is 6.18 Å². The van der Waals surface area contributed by atoms with Crippen molar-refractivity contribution in [1.29, 1.82) is 0 Å². The Hall–Kier alpha value is -0.780. The number of carbonyl (C=O) groups excluding carboxylic acids is 1. The zero-order valence-corrected chi connectivity index (χ0v) is 11.1. The van der Waals surface area contributed by atoms with Crippen LogP contribution in [0.1, 0.15) is 32.6 Å². The molecule has 0 aromatic heterocycles. The third-order valence-electron chi connectivity index (χ3n) is 4.41. The molecule has 1 amide bonds. The highest BCUT2D eigenvalue weighted by Gasteiger charge is 2.42. The Kier molecular flexibility index (Phi) is 4.38. The second-order valence-electron chi connectivity index (χ2n) is 5.84. The van der Waals surface area contributed by atoms with Gasteiger partial charge in [0.2, 0.25) is 5.91 Å². The lowest BCUT2D eigenvalue weighted by Crippen LogP contribution is -2.44. The molecule has 2 unspecified atom stereocenters. The molecule has 0 spiro atoms. The Morgan fingerprint density at radius 2 is 1.79 bits per heavy atom. The van der Waals surface area contributed by atoms with Gasteiger partial charge in [0.25, 0.3) is 0 Å². The van der Waals surface area contributed by atoms with Gasteiger partial charge in [-0.3, -0.25) is 4.79 Å². The number of alkyl halides is 3. The molecule has 0 radical (unpaired) electrons. The van der Waals surface area contributed by atoms with E-state index >= 15 is 0 Å². The molecule has 0 bridgehead atoms. The molecule has 2 aliphatic rings. The zero-order valence-electron chi connectivity index (χ0n) is 11.1. The number of hydrogen-bond donors (Lipinski definition) is 2. The molecule has 1 saturated carbocycles. The first-order valence-corrected chi connectivity index (χ1v) is 6.95. The second kappa shape index (κ2) is 5.69. The van der Waals surface area contributed by atoms with Crippen molar-refractivity contribution in [3.63, 3.8) is 0 Å². The summed E-state index contributed by atoms with van der Waals surface area (Å²) in [6.45, 7) is 3.70. The largest absolute Gasteiger partial charge is 0.391 e. The predicted molar refractivity (Wildman–Crippen MR) is 65.5 cm³/mol. The number of halogens is 3. The van der Waals surface area contributed by atoms with Gasteiger partial charge in [-0.15, -0.1) is 0 Å². The van der Waals surface area contributed by atoms with E-state index in [4.69, 9.17) is 0 Å². The van der Waals surface area contributed by atoms with E-state index in [-0.39, 0.29) is 30.7 Å². The average molecular weight is 278 g/mol. The summed E-state index contributed by atoms with van der Waals surface area (Å²) in [5.74, 6) is -1.15. The fourth-order valence-corrected chi connectivity index (χ4v) is 2.99. The standard InChI is InChI=1S/C13H21F3N2O/c1-8-6-17-7-11(8)18-12(19)9-2-4-10(5-3-9)13(14,15)16/h8-11,17H,2-7H2,1H3,(H,18,19). The SMILES string of the molecule is CC1CNCC1NC(=O)C1CCC(C(F)(F)F)CC1. The quantitative estimate of drug-likeness (QED) is 0.812. The lowest BCUT2D eigenvalue weighted by atomic mass is 9.81. The topological polar surface area (TPSA) is 41.1 Å². The molecule has 3 nitrogen and oxygen atoms in total. The van der Waals surface area contributed by atoms with Gasteiger partial charge in [-0.1, -0.05) is 6.92 Å². The van der Waals surface area contributed by atoms with Crippen LogP contribution in [0.2, 0.25) is 0 Å².